The molecular formula is C14H17NO2S. The molecule has 0 aliphatic carbocycles. The van der Waals surface area contributed by atoms with Gasteiger partial charge in [0.15, 0.2) is 0 Å². The van der Waals surface area contributed by atoms with Gasteiger partial charge in [0.25, 0.3) is 0 Å². The normalized spacial score (nSPS) is 26.9. The van der Waals surface area contributed by atoms with Gasteiger partial charge in [-0.05, 0) is 36.1 Å². The first kappa shape index (κ1) is 12.1. The van der Waals surface area contributed by atoms with Gasteiger partial charge in [0.05, 0.1) is 5.92 Å². The highest BCUT2D eigenvalue weighted by Gasteiger charge is 2.32. The molecular weight excluding hydrogens is 246 g/mol. The highest BCUT2D eigenvalue weighted by atomic mass is 32.2. The van der Waals surface area contributed by atoms with Crippen LogP contribution in [0.2, 0.25) is 0 Å². The van der Waals surface area contributed by atoms with Crippen LogP contribution in [0.1, 0.15) is 30.0 Å². The summed E-state index contributed by atoms with van der Waals surface area (Å²) in [7, 11) is 0. The Bertz CT molecular complexity index is 475. The van der Waals surface area contributed by atoms with Gasteiger partial charge in [-0.2, -0.15) is 0 Å². The van der Waals surface area contributed by atoms with Gasteiger partial charge < -0.3 is 10.4 Å². The van der Waals surface area contributed by atoms with Crippen LogP contribution in [-0.2, 0) is 11.2 Å². The molecule has 2 unspecified atom stereocenters. The van der Waals surface area contributed by atoms with Crippen molar-refractivity contribution in [3.05, 3.63) is 29.3 Å². The third kappa shape index (κ3) is 2.15. The Balaban J connectivity index is 1.87. The second-order valence-corrected chi connectivity index (χ2v) is 6.12. The van der Waals surface area contributed by atoms with E-state index in [2.05, 4.69) is 23.5 Å². The van der Waals surface area contributed by atoms with Crippen LogP contribution in [0.3, 0.4) is 0 Å². The molecule has 2 aliphatic rings. The predicted octanol–water partition coefficient (Wildman–Crippen LogP) is 2.46. The molecule has 2 aliphatic heterocycles. The van der Waals surface area contributed by atoms with Crippen LogP contribution in [0, 0.1) is 5.92 Å². The van der Waals surface area contributed by atoms with Crippen molar-refractivity contribution in [2.45, 2.75) is 30.2 Å². The van der Waals surface area contributed by atoms with E-state index in [-0.39, 0.29) is 12.0 Å². The Morgan fingerprint density at radius 3 is 3.11 bits per heavy atom. The molecule has 0 spiro atoms. The Morgan fingerprint density at radius 2 is 2.33 bits per heavy atom. The zero-order chi connectivity index (χ0) is 12.5. The lowest BCUT2D eigenvalue weighted by molar-refractivity contribution is -0.141. The summed E-state index contributed by atoms with van der Waals surface area (Å²) in [6.07, 6.45) is 3.12. The molecule has 3 rings (SSSR count). The van der Waals surface area contributed by atoms with Crippen molar-refractivity contribution < 1.29 is 9.90 Å². The van der Waals surface area contributed by atoms with Gasteiger partial charge in [0.1, 0.15) is 0 Å². The van der Waals surface area contributed by atoms with Crippen molar-refractivity contribution in [3.8, 4) is 0 Å². The zero-order valence-electron chi connectivity index (χ0n) is 10.2. The number of rotatable bonds is 2. The number of aliphatic carboxylic acids is 1. The lowest BCUT2D eigenvalue weighted by atomic mass is 9.97. The van der Waals surface area contributed by atoms with E-state index in [9.17, 15) is 4.79 Å². The molecule has 18 heavy (non-hydrogen) atoms. The SMILES string of the molecule is O=C(O)C1CNC(c2cccc3c2SCCC3)C1. The van der Waals surface area contributed by atoms with Gasteiger partial charge in [0.2, 0.25) is 0 Å². The van der Waals surface area contributed by atoms with E-state index in [1.807, 2.05) is 11.8 Å². The van der Waals surface area contributed by atoms with Crippen molar-refractivity contribution in [1.29, 1.82) is 0 Å². The molecule has 1 saturated heterocycles. The predicted molar refractivity (Wildman–Crippen MR) is 72.0 cm³/mol. The molecule has 1 aromatic carbocycles. The minimum Gasteiger partial charge on any atom is -0.481 e. The number of carbonyl (C=O) groups is 1. The number of aryl methyl sites for hydroxylation is 1. The van der Waals surface area contributed by atoms with Crippen molar-refractivity contribution in [1.82, 2.24) is 5.32 Å². The second-order valence-electron chi connectivity index (χ2n) is 5.02. The van der Waals surface area contributed by atoms with Crippen LogP contribution in [0.25, 0.3) is 0 Å². The van der Waals surface area contributed by atoms with Crippen molar-refractivity contribution in [3.63, 3.8) is 0 Å². The molecule has 0 amide bonds. The second kappa shape index (κ2) is 4.94. The van der Waals surface area contributed by atoms with Gasteiger partial charge >= 0.3 is 5.97 Å². The number of thioether (sulfide) groups is 1. The van der Waals surface area contributed by atoms with Crippen LogP contribution in [-0.4, -0.2) is 23.4 Å². The Morgan fingerprint density at radius 1 is 1.44 bits per heavy atom. The van der Waals surface area contributed by atoms with Crippen molar-refractivity contribution in [2.75, 3.05) is 12.3 Å². The first-order valence-corrected chi connectivity index (χ1v) is 7.45. The summed E-state index contributed by atoms with van der Waals surface area (Å²) < 4.78 is 0. The van der Waals surface area contributed by atoms with E-state index in [0.29, 0.717) is 13.0 Å². The number of benzene rings is 1. The molecule has 0 saturated carbocycles. The fraction of sp³-hybridized carbons (Fsp3) is 0.500. The van der Waals surface area contributed by atoms with Crippen LogP contribution < -0.4 is 5.32 Å². The molecule has 0 bridgehead atoms. The van der Waals surface area contributed by atoms with E-state index in [1.165, 1.54) is 28.2 Å². The molecule has 2 atom stereocenters. The van der Waals surface area contributed by atoms with E-state index in [0.717, 1.165) is 6.42 Å². The summed E-state index contributed by atoms with van der Waals surface area (Å²) in [4.78, 5) is 12.4. The largest absolute Gasteiger partial charge is 0.481 e. The minimum absolute atomic E-state index is 0.214. The third-order valence-corrected chi connectivity index (χ3v) is 5.10. The van der Waals surface area contributed by atoms with Crippen molar-refractivity contribution in [2.24, 2.45) is 5.92 Å². The lowest BCUT2D eigenvalue weighted by Crippen LogP contribution is -2.18. The average molecular weight is 263 g/mol. The zero-order valence-corrected chi connectivity index (χ0v) is 11.0. The molecule has 1 aromatic rings. The van der Waals surface area contributed by atoms with Crippen molar-refractivity contribution >= 4 is 17.7 Å². The van der Waals surface area contributed by atoms with Crippen LogP contribution >= 0.6 is 11.8 Å². The van der Waals surface area contributed by atoms with Gasteiger partial charge in [-0.3, -0.25) is 4.79 Å². The summed E-state index contributed by atoms with van der Waals surface area (Å²) in [5, 5.41) is 12.4. The average Bonchev–Trinajstić information content (AvgIpc) is 2.87. The third-order valence-electron chi connectivity index (χ3n) is 3.82. The highest BCUT2D eigenvalue weighted by molar-refractivity contribution is 7.99. The Hall–Kier alpha value is -1.00. The maximum atomic E-state index is 11.0. The molecule has 0 aromatic heterocycles. The molecule has 3 nitrogen and oxygen atoms in total. The molecule has 2 heterocycles. The van der Waals surface area contributed by atoms with E-state index >= 15 is 0 Å². The fourth-order valence-corrected chi connectivity index (χ4v) is 4.07. The maximum Gasteiger partial charge on any atom is 0.307 e. The van der Waals surface area contributed by atoms with Gasteiger partial charge in [-0.15, -0.1) is 11.8 Å². The summed E-state index contributed by atoms with van der Waals surface area (Å²) >= 11 is 1.92. The van der Waals surface area contributed by atoms with E-state index in [4.69, 9.17) is 5.11 Å². The summed E-state index contributed by atoms with van der Waals surface area (Å²) in [5.74, 6) is 0.265. The standard InChI is InChI=1S/C14H17NO2S/c16-14(17)10-7-12(15-8-10)11-5-1-3-9-4-2-6-18-13(9)11/h1,3,5,10,12,15H,2,4,6-8H2,(H,16,17). The highest BCUT2D eigenvalue weighted by Crippen LogP contribution is 2.39. The van der Waals surface area contributed by atoms with E-state index in [1.54, 1.807) is 0 Å². The van der Waals surface area contributed by atoms with Gasteiger partial charge in [-0.25, -0.2) is 0 Å². The molecule has 4 heteroatoms. The Kier molecular flexibility index (Phi) is 3.31. The summed E-state index contributed by atoms with van der Waals surface area (Å²) in [6.45, 7) is 0.592. The molecule has 0 radical (unpaired) electrons. The van der Waals surface area contributed by atoms with Crippen LogP contribution in [0.4, 0.5) is 0 Å². The lowest BCUT2D eigenvalue weighted by Gasteiger charge is -2.22. The maximum absolute atomic E-state index is 11.0. The van der Waals surface area contributed by atoms with Gasteiger partial charge in [-0.1, -0.05) is 18.2 Å². The molecule has 96 valence electrons. The number of carboxylic acids is 1. The number of nitrogens with one attached hydrogen (secondary N) is 1. The number of hydrogen-bond acceptors (Lipinski definition) is 3. The molecule has 1 fully saturated rings. The molecule has 2 N–H and O–H groups in total. The summed E-state index contributed by atoms with van der Waals surface area (Å²) in [6, 6.07) is 6.68. The summed E-state index contributed by atoms with van der Waals surface area (Å²) in [5.41, 5.74) is 2.74. The van der Waals surface area contributed by atoms with Crippen LogP contribution in [0.5, 0.6) is 0 Å². The number of hydrogen-bond donors (Lipinski definition) is 2. The van der Waals surface area contributed by atoms with E-state index < -0.39 is 5.97 Å². The van der Waals surface area contributed by atoms with Gasteiger partial charge in [0, 0.05) is 17.5 Å². The Labute approximate surface area is 111 Å². The quantitative estimate of drug-likeness (QED) is 0.860. The first-order valence-electron chi connectivity index (χ1n) is 6.46. The number of fused-ring (bicyclic) bond motifs is 1. The first-order chi connectivity index (χ1) is 8.75. The monoisotopic (exact) mass is 263 g/mol. The van der Waals surface area contributed by atoms with Crippen LogP contribution in [0.15, 0.2) is 23.1 Å². The topological polar surface area (TPSA) is 49.3 Å². The smallest absolute Gasteiger partial charge is 0.307 e. The number of carboxylic acid groups (broad SMARTS) is 1. The minimum atomic E-state index is -0.678. The fourth-order valence-electron chi connectivity index (χ4n) is 2.85.